The molecule has 0 atom stereocenters. The Kier molecular flexibility index (Phi) is 7.87. The molecule has 0 aliphatic rings. The van der Waals surface area contributed by atoms with E-state index in [0.29, 0.717) is 17.5 Å². The quantitative estimate of drug-likeness (QED) is 0.355. The highest BCUT2D eigenvalue weighted by Crippen LogP contribution is 2.24. The summed E-state index contributed by atoms with van der Waals surface area (Å²) in [6.07, 6.45) is 2.46. The first-order valence-electron chi connectivity index (χ1n) is 10.2. The van der Waals surface area contributed by atoms with Crippen molar-refractivity contribution in [3.8, 4) is 0 Å². The fraction of sp³-hybridized carbons (Fsp3) is 0.261. The third kappa shape index (κ3) is 5.66. The third-order valence-electron chi connectivity index (χ3n) is 4.86. The van der Waals surface area contributed by atoms with E-state index in [0.717, 1.165) is 23.2 Å². The number of para-hydroxylation sites is 1. The van der Waals surface area contributed by atoms with Crippen LogP contribution in [0.2, 0.25) is 0 Å². The molecule has 0 fully saturated rings. The maximum atomic E-state index is 12.8. The largest absolute Gasteiger partial charge is 0.325 e. The molecule has 1 heterocycles. The van der Waals surface area contributed by atoms with Gasteiger partial charge >= 0.3 is 0 Å². The smallest absolute Gasteiger partial charge is 0.234 e. The summed E-state index contributed by atoms with van der Waals surface area (Å²) in [7, 11) is -3.57. The van der Waals surface area contributed by atoms with Gasteiger partial charge in [0.1, 0.15) is 11.6 Å². The van der Waals surface area contributed by atoms with Crippen LogP contribution in [0.15, 0.2) is 71.2 Å². The number of carbonyl (C=O) groups is 1. The van der Waals surface area contributed by atoms with E-state index in [1.807, 2.05) is 32.0 Å². The van der Waals surface area contributed by atoms with Gasteiger partial charge in [-0.1, -0.05) is 61.2 Å². The van der Waals surface area contributed by atoms with Crippen LogP contribution in [-0.4, -0.2) is 34.8 Å². The molecule has 9 heteroatoms. The lowest BCUT2D eigenvalue weighted by molar-refractivity contribution is -0.113. The first kappa shape index (κ1) is 23.7. The molecule has 0 aliphatic carbocycles. The minimum atomic E-state index is -3.57. The number of amides is 1. The van der Waals surface area contributed by atoms with E-state index in [2.05, 4.69) is 22.1 Å². The zero-order valence-corrected chi connectivity index (χ0v) is 19.7. The second-order valence-corrected chi connectivity index (χ2v) is 10.1. The number of aryl methyl sites for hydroxylation is 2. The number of hydrogen-bond donors (Lipinski definition) is 1. The summed E-state index contributed by atoms with van der Waals surface area (Å²) in [5.74, 6) is -0.0132. The van der Waals surface area contributed by atoms with E-state index in [4.69, 9.17) is 0 Å². The lowest BCUT2D eigenvalue weighted by atomic mass is 10.1. The molecule has 0 aliphatic heterocycles. The number of benzene rings is 2. The van der Waals surface area contributed by atoms with Gasteiger partial charge in [-0.3, -0.25) is 4.79 Å². The SMILES string of the molecule is C=CCn1c(CS(=O)(=O)c2ccccc2)nnc1SCC(=O)Nc1c(C)cccc1CC. The predicted molar refractivity (Wildman–Crippen MR) is 127 cm³/mol. The van der Waals surface area contributed by atoms with Crippen LogP contribution in [0.4, 0.5) is 5.69 Å². The lowest BCUT2D eigenvalue weighted by Gasteiger charge is -2.13. The highest BCUT2D eigenvalue weighted by molar-refractivity contribution is 7.99. The first-order chi connectivity index (χ1) is 15.4. The summed E-state index contributed by atoms with van der Waals surface area (Å²) in [4.78, 5) is 12.8. The molecule has 1 amide bonds. The fourth-order valence-corrected chi connectivity index (χ4v) is 5.29. The molecule has 7 nitrogen and oxygen atoms in total. The van der Waals surface area contributed by atoms with Crippen molar-refractivity contribution >= 4 is 33.2 Å². The van der Waals surface area contributed by atoms with Gasteiger partial charge in [0.25, 0.3) is 0 Å². The number of sulfone groups is 1. The number of rotatable bonds is 10. The molecule has 0 spiro atoms. The maximum Gasteiger partial charge on any atom is 0.234 e. The fourth-order valence-electron chi connectivity index (χ4n) is 3.23. The molecule has 0 saturated carbocycles. The van der Waals surface area contributed by atoms with Gasteiger partial charge in [0.05, 0.1) is 10.6 Å². The average molecular weight is 471 g/mol. The Hall–Kier alpha value is -2.91. The molecule has 2 aromatic carbocycles. The van der Waals surface area contributed by atoms with E-state index in [1.54, 1.807) is 41.0 Å². The minimum Gasteiger partial charge on any atom is -0.325 e. The van der Waals surface area contributed by atoms with Crippen molar-refractivity contribution < 1.29 is 13.2 Å². The number of carbonyl (C=O) groups excluding carboxylic acids is 1. The molecular weight excluding hydrogens is 444 g/mol. The average Bonchev–Trinajstić information content (AvgIpc) is 3.15. The number of nitrogens with one attached hydrogen (secondary N) is 1. The Balaban J connectivity index is 1.73. The van der Waals surface area contributed by atoms with E-state index < -0.39 is 9.84 Å². The Morgan fingerprint density at radius 1 is 1.16 bits per heavy atom. The minimum absolute atomic E-state index is 0.123. The monoisotopic (exact) mass is 470 g/mol. The topological polar surface area (TPSA) is 93.9 Å². The Labute approximate surface area is 192 Å². The normalized spacial score (nSPS) is 11.3. The number of hydrogen-bond acceptors (Lipinski definition) is 6. The molecule has 32 heavy (non-hydrogen) atoms. The van der Waals surface area contributed by atoms with Crippen molar-refractivity contribution in [2.75, 3.05) is 11.1 Å². The Morgan fingerprint density at radius 3 is 2.59 bits per heavy atom. The van der Waals surface area contributed by atoms with E-state index in [1.165, 1.54) is 11.8 Å². The number of thioether (sulfide) groups is 1. The van der Waals surface area contributed by atoms with Crippen molar-refractivity contribution in [1.82, 2.24) is 14.8 Å². The highest BCUT2D eigenvalue weighted by atomic mass is 32.2. The maximum absolute atomic E-state index is 12.8. The molecular formula is C23H26N4O3S2. The zero-order valence-electron chi connectivity index (χ0n) is 18.1. The molecule has 1 N–H and O–H groups in total. The van der Waals surface area contributed by atoms with E-state index >= 15 is 0 Å². The Morgan fingerprint density at radius 2 is 1.91 bits per heavy atom. The van der Waals surface area contributed by atoms with Crippen molar-refractivity contribution in [2.45, 2.75) is 42.6 Å². The third-order valence-corrected chi connectivity index (χ3v) is 7.46. The second-order valence-electron chi connectivity index (χ2n) is 7.17. The van der Waals surface area contributed by atoms with Gasteiger partial charge in [-0.2, -0.15) is 0 Å². The molecule has 168 valence electrons. The van der Waals surface area contributed by atoms with Crippen LogP contribution in [0.25, 0.3) is 0 Å². The van der Waals surface area contributed by atoms with Crippen LogP contribution in [0, 0.1) is 6.92 Å². The summed E-state index contributed by atoms with van der Waals surface area (Å²) in [6.45, 7) is 8.08. The van der Waals surface area contributed by atoms with Gasteiger partial charge in [-0.15, -0.1) is 16.8 Å². The molecule has 3 aromatic rings. The molecule has 0 saturated heterocycles. The van der Waals surface area contributed by atoms with E-state index in [9.17, 15) is 13.2 Å². The van der Waals surface area contributed by atoms with Crippen LogP contribution in [0.1, 0.15) is 23.9 Å². The Bertz CT molecular complexity index is 1210. The zero-order chi connectivity index (χ0) is 23.1. The van der Waals surface area contributed by atoms with Crippen molar-refractivity contribution in [3.63, 3.8) is 0 Å². The van der Waals surface area contributed by atoms with Crippen LogP contribution in [0.5, 0.6) is 0 Å². The number of nitrogens with zero attached hydrogens (tertiary/aromatic N) is 3. The standard InChI is InChI=1S/C23H26N4O3S2/c1-4-14-27-20(16-32(29,30)19-12-7-6-8-13-19)25-26-23(27)31-15-21(28)24-22-17(3)10-9-11-18(22)5-2/h4,6-13H,1,5,14-16H2,2-3H3,(H,24,28). The second kappa shape index (κ2) is 10.6. The van der Waals surface area contributed by atoms with Crippen LogP contribution >= 0.6 is 11.8 Å². The molecule has 3 rings (SSSR count). The summed E-state index contributed by atoms with van der Waals surface area (Å²) >= 11 is 1.21. The van der Waals surface area contributed by atoms with Crippen LogP contribution in [0.3, 0.4) is 0 Å². The van der Waals surface area contributed by atoms with Crippen LogP contribution in [-0.2, 0) is 33.4 Å². The first-order valence-corrected chi connectivity index (χ1v) is 12.8. The van der Waals surface area contributed by atoms with Gasteiger partial charge in [0.2, 0.25) is 5.91 Å². The summed E-state index contributed by atoms with van der Waals surface area (Å²) in [5, 5.41) is 11.7. The van der Waals surface area contributed by atoms with Gasteiger partial charge < -0.3 is 9.88 Å². The predicted octanol–water partition coefficient (Wildman–Crippen LogP) is 4.04. The lowest BCUT2D eigenvalue weighted by Crippen LogP contribution is -2.17. The molecule has 1 aromatic heterocycles. The number of anilines is 1. The van der Waals surface area contributed by atoms with Gasteiger partial charge in [-0.05, 0) is 36.6 Å². The number of allylic oxidation sites excluding steroid dienone is 1. The van der Waals surface area contributed by atoms with Crippen molar-refractivity contribution in [1.29, 1.82) is 0 Å². The van der Waals surface area contributed by atoms with E-state index in [-0.39, 0.29) is 22.3 Å². The summed E-state index contributed by atoms with van der Waals surface area (Å²) < 4.78 is 27.2. The summed E-state index contributed by atoms with van der Waals surface area (Å²) in [5.41, 5.74) is 2.92. The van der Waals surface area contributed by atoms with Crippen LogP contribution < -0.4 is 5.32 Å². The van der Waals surface area contributed by atoms with Crippen molar-refractivity contribution in [2.24, 2.45) is 0 Å². The highest BCUT2D eigenvalue weighted by Gasteiger charge is 2.21. The van der Waals surface area contributed by atoms with Gasteiger partial charge in [0.15, 0.2) is 15.0 Å². The summed E-state index contributed by atoms with van der Waals surface area (Å²) in [6, 6.07) is 14.2. The molecule has 0 unspecified atom stereocenters. The molecule has 0 radical (unpaired) electrons. The van der Waals surface area contributed by atoms with Gasteiger partial charge in [0, 0.05) is 12.2 Å². The van der Waals surface area contributed by atoms with Gasteiger partial charge in [-0.25, -0.2) is 8.42 Å². The van der Waals surface area contributed by atoms with Crippen molar-refractivity contribution in [3.05, 3.63) is 78.1 Å². The molecule has 0 bridgehead atoms. The number of aromatic nitrogens is 3.